The first-order chi connectivity index (χ1) is 10.6. The molecule has 0 unspecified atom stereocenters. The zero-order chi connectivity index (χ0) is 15.5. The smallest absolute Gasteiger partial charge is 0.253 e. The summed E-state index contributed by atoms with van der Waals surface area (Å²) in [5.41, 5.74) is 0.452. The SMILES string of the molecule is C[C@@H](NC(=O)c1ccccc1Cl)[C@@H]1COc2ccccc2O1. The lowest BCUT2D eigenvalue weighted by Gasteiger charge is -2.30. The average molecular weight is 318 g/mol. The minimum absolute atomic E-state index is 0.211. The van der Waals surface area contributed by atoms with Crippen LogP contribution in [0.15, 0.2) is 48.5 Å². The van der Waals surface area contributed by atoms with Gasteiger partial charge in [0.05, 0.1) is 16.6 Å². The number of amides is 1. The maximum Gasteiger partial charge on any atom is 0.253 e. The molecule has 0 bridgehead atoms. The molecule has 1 heterocycles. The number of rotatable bonds is 3. The van der Waals surface area contributed by atoms with Gasteiger partial charge in [-0.3, -0.25) is 4.79 Å². The van der Waals surface area contributed by atoms with Gasteiger partial charge in [0.25, 0.3) is 5.91 Å². The molecule has 0 fully saturated rings. The second kappa shape index (κ2) is 6.28. The van der Waals surface area contributed by atoms with E-state index >= 15 is 0 Å². The van der Waals surface area contributed by atoms with Crippen LogP contribution in [0.1, 0.15) is 17.3 Å². The van der Waals surface area contributed by atoms with E-state index in [0.717, 1.165) is 5.75 Å². The van der Waals surface area contributed by atoms with E-state index in [1.807, 2.05) is 31.2 Å². The van der Waals surface area contributed by atoms with Gasteiger partial charge >= 0.3 is 0 Å². The van der Waals surface area contributed by atoms with E-state index in [9.17, 15) is 4.79 Å². The van der Waals surface area contributed by atoms with E-state index in [1.165, 1.54) is 0 Å². The lowest BCUT2D eigenvalue weighted by Crippen LogP contribution is -2.48. The third-order valence-corrected chi connectivity index (χ3v) is 3.90. The van der Waals surface area contributed by atoms with Gasteiger partial charge < -0.3 is 14.8 Å². The van der Waals surface area contributed by atoms with Crippen LogP contribution in [-0.2, 0) is 0 Å². The van der Waals surface area contributed by atoms with Gasteiger partial charge in [0.1, 0.15) is 6.61 Å². The highest BCUT2D eigenvalue weighted by atomic mass is 35.5. The Morgan fingerprint density at radius 3 is 2.64 bits per heavy atom. The maximum atomic E-state index is 12.3. The summed E-state index contributed by atoms with van der Waals surface area (Å²) >= 11 is 6.04. The minimum atomic E-state index is -0.249. The molecular formula is C17H16ClNO3. The highest BCUT2D eigenvalue weighted by Gasteiger charge is 2.27. The monoisotopic (exact) mass is 317 g/mol. The van der Waals surface area contributed by atoms with Crippen molar-refractivity contribution < 1.29 is 14.3 Å². The van der Waals surface area contributed by atoms with Crippen LogP contribution in [0.5, 0.6) is 11.5 Å². The van der Waals surface area contributed by atoms with Crippen molar-refractivity contribution in [2.75, 3.05) is 6.61 Å². The molecule has 2 atom stereocenters. The topological polar surface area (TPSA) is 47.6 Å². The summed E-state index contributed by atoms with van der Waals surface area (Å²) in [6.07, 6.45) is -0.249. The van der Waals surface area contributed by atoms with Gasteiger partial charge in [0, 0.05) is 0 Å². The summed E-state index contributed by atoms with van der Waals surface area (Å²) in [6, 6.07) is 14.2. The molecular weight excluding hydrogens is 302 g/mol. The van der Waals surface area contributed by atoms with Gasteiger partial charge in [-0.15, -0.1) is 0 Å². The van der Waals surface area contributed by atoms with Gasteiger partial charge in [-0.2, -0.15) is 0 Å². The molecule has 0 saturated heterocycles. The number of nitrogens with one attached hydrogen (secondary N) is 1. The van der Waals surface area contributed by atoms with Gasteiger partial charge in [0.2, 0.25) is 0 Å². The van der Waals surface area contributed by atoms with Crippen molar-refractivity contribution in [1.82, 2.24) is 5.32 Å². The molecule has 5 heteroatoms. The largest absolute Gasteiger partial charge is 0.486 e. The molecule has 0 radical (unpaired) electrons. The van der Waals surface area contributed by atoms with Crippen LogP contribution in [0.2, 0.25) is 5.02 Å². The van der Waals surface area contributed by atoms with Crippen LogP contribution in [0.25, 0.3) is 0 Å². The maximum absolute atomic E-state index is 12.3. The number of benzene rings is 2. The Kier molecular flexibility index (Phi) is 4.20. The second-order valence-electron chi connectivity index (χ2n) is 5.16. The first-order valence-corrected chi connectivity index (χ1v) is 7.47. The van der Waals surface area contributed by atoms with Crippen molar-refractivity contribution in [2.45, 2.75) is 19.1 Å². The van der Waals surface area contributed by atoms with Crippen molar-refractivity contribution in [3.8, 4) is 11.5 Å². The molecule has 1 aliphatic rings. The number of fused-ring (bicyclic) bond motifs is 1. The molecule has 22 heavy (non-hydrogen) atoms. The van der Waals surface area contributed by atoms with Crippen molar-refractivity contribution in [1.29, 1.82) is 0 Å². The zero-order valence-corrected chi connectivity index (χ0v) is 12.8. The van der Waals surface area contributed by atoms with E-state index in [4.69, 9.17) is 21.1 Å². The Hall–Kier alpha value is -2.20. The Balaban J connectivity index is 1.67. The lowest BCUT2D eigenvalue weighted by molar-refractivity contribution is 0.0606. The highest BCUT2D eigenvalue weighted by Crippen LogP contribution is 2.31. The normalized spacial score (nSPS) is 17.6. The summed E-state index contributed by atoms with van der Waals surface area (Å²) in [7, 11) is 0. The first-order valence-electron chi connectivity index (χ1n) is 7.09. The van der Waals surface area contributed by atoms with Crippen LogP contribution in [0.4, 0.5) is 0 Å². The van der Waals surface area contributed by atoms with E-state index in [2.05, 4.69) is 5.32 Å². The minimum Gasteiger partial charge on any atom is -0.486 e. The second-order valence-corrected chi connectivity index (χ2v) is 5.56. The van der Waals surface area contributed by atoms with Crippen molar-refractivity contribution in [2.24, 2.45) is 0 Å². The number of hydrogen-bond donors (Lipinski definition) is 1. The Morgan fingerprint density at radius 2 is 1.86 bits per heavy atom. The number of hydrogen-bond acceptors (Lipinski definition) is 3. The molecule has 0 aliphatic carbocycles. The molecule has 2 aromatic rings. The number of halogens is 1. The van der Waals surface area contributed by atoms with Gasteiger partial charge in [-0.25, -0.2) is 0 Å². The average Bonchev–Trinajstić information content (AvgIpc) is 2.54. The molecule has 1 N–H and O–H groups in total. The molecule has 0 spiro atoms. The van der Waals surface area contributed by atoms with Crippen molar-refractivity contribution in [3.63, 3.8) is 0 Å². The third kappa shape index (κ3) is 3.02. The number of carbonyl (C=O) groups is 1. The summed E-state index contributed by atoms with van der Waals surface area (Å²) in [5.74, 6) is 1.20. The van der Waals surface area contributed by atoms with Gasteiger partial charge in [-0.1, -0.05) is 35.9 Å². The molecule has 114 valence electrons. The van der Waals surface area contributed by atoms with Crippen molar-refractivity contribution >= 4 is 17.5 Å². The van der Waals surface area contributed by atoms with Gasteiger partial charge in [-0.05, 0) is 31.2 Å². The van der Waals surface area contributed by atoms with E-state index in [1.54, 1.807) is 24.3 Å². The van der Waals surface area contributed by atoms with E-state index < -0.39 is 0 Å². The summed E-state index contributed by atoms with van der Waals surface area (Å²) in [5, 5.41) is 3.34. The molecule has 3 rings (SSSR count). The van der Waals surface area contributed by atoms with Crippen LogP contribution >= 0.6 is 11.6 Å². The predicted octanol–water partition coefficient (Wildman–Crippen LogP) is 3.30. The number of carbonyl (C=O) groups excluding carboxylic acids is 1. The Morgan fingerprint density at radius 1 is 1.18 bits per heavy atom. The van der Waals surface area contributed by atoms with Gasteiger partial charge in [0.15, 0.2) is 17.6 Å². The quantitative estimate of drug-likeness (QED) is 0.945. The summed E-state index contributed by atoms with van der Waals surface area (Å²) in [6.45, 7) is 2.28. The van der Waals surface area contributed by atoms with Crippen LogP contribution in [0, 0.1) is 0 Å². The zero-order valence-electron chi connectivity index (χ0n) is 12.1. The Labute approximate surface area is 134 Å². The first kappa shape index (κ1) is 14.7. The molecule has 1 amide bonds. The molecule has 0 aromatic heterocycles. The van der Waals surface area contributed by atoms with Crippen LogP contribution in [-0.4, -0.2) is 24.7 Å². The number of ether oxygens (including phenoxy) is 2. The molecule has 1 aliphatic heterocycles. The van der Waals surface area contributed by atoms with Crippen LogP contribution in [0.3, 0.4) is 0 Å². The summed E-state index contributed by atoms with van der Waals surface area (Å²) in [4.78, 5) is 12.3. The standard InChI is InChI=1S/C17H16ClNO3/c1-11(19-17(20)12-6-2-3-7-13(12)18)16-10-21-14-8-4-5-9-15(14)22-16/h2-9,11,16H,10H2,1H3,(H,19,20)/t11-,16+/m1/s1. The van der Waals surface area contributed by atoms with E-state index in [0.29, 0.717) is 22.9 Å². The van der Waals surface area contributed by atoms with Crippen LogP contribution < -0.4 is 14.8 Å². The predicted molar refractivity (Wildman–Crippen MR) is 84.7 cm³/mol. The lowest BCUT2D eigenvalue weighted by atomic mass is 10.1. The fourth-order valence-corrected chi connectivity index (χ4v) is 2.53. The van der Waals surface area contributed by atoms with Crippen molar-refractivity contribution in [3.05, 3.63) is 59.1 Å². The third-order valence-electron chi connectivity index (χ3n) is 3.57. The molecule has 2 aromatic carbocycles. The summed E-state index contributed by atoms with van der Waals surface area (Å²) < 4.78 is 11.6. The fraction of sp³-hybridized carbons (Fsp3) is 0.235. The Bertz CT molecular complexity index is 689. The molecule has 4 nitrogen and oxygen atoms in total. The van der Waals surface area contributed by atoms with E-state index in [-0.39, 0.29) is 18.1 Å². The molecule has 0 saturated carbocycles. The fourth-order valence-electron chi connectivity index (χ4n) is 2.31. The highest BCUT2D eigenvalue weighted by molar-refractivity contribution is 6.33. The number of para-hydroxylation sites is 2.